The van der Waals surface area contributed by atoms with Crippen molar-refractivity contribution in [3.05, 3.63) is 58.7 Å². The number of hydrogen-bond acceptors (Lipinski definition) is 2. The number of hydrogen-bond donors (Lipinski definition) is 0. The molecule has 1 aromatic carbocycles. The van der Waals surface area contributed by atoms with Gasteiger partial charge >= 0.3 is 0 Å². The van der Waals surface area contributed by atoms with Gasteiger partial charge in [-0.05, 0) is 44.9 Å². The number of Topliss-reactive ketones (excluding diaryl/α,β-unsaturated/α-hetero) is 2. The van der Waals surface area contributed by atoms with Crippen LogP contribution >= 0.6 is 0 Å². The summed E-state index contributed by atoms with van der Waals surface area (Å²) >= 11 is 0. The van der Waals surface area contributed by atoms with Gasteiger partial charge in [0.2, 0.25) is 0 Å². The highest BCUT2D eigenvalue weighted by atomic mass is 16.1. The number of ketones is 2. The van der Waals surface area contributed by atoms with Crippen molar-refractivity contribution in [3.8, 4) is 0 Å². The van der Waals surface area contributed by atoms with E-state index in [4.69, 9.17) is 0 Å². The molecule has 1 atom stereocenters. The number of carbonyl (C=O) groups excluding carboxylic acids is 2. The van der Waals surface area contributed by atoms with Gasteiger partial charge in [-0.2, -0.15) is 0 Å². The summed E-state index contributed by atoms with van der Waals surface area (Å²) in [6.45, 7) is 1.82. The van der Waals surface area contributed by atoms with Crippen molar-refractivity contribution in [2.45, 2.75) is 103 Å². The van der Waals surface area contributed by atoms with E-state index in [1.54, 1.807) is 12.1 Å². The molecule has 0 saturated carbocycles. The number of benzene rings is 1. The molecular weight excluding hydrogens is 380 g/mol. The van der Waals surface area contributed by atoms with Crippen molar-refractivity contribution in [1.29, 1.82) is 0 Å². The smallest absolute Gasteiger partial charge is 0.190 e. The van der Waals surface area contributed by atoms with Gasteiger partial charge in [0.05, 0.1) is 0 Å². The maximum absolute atomic E-state index is 12.8. The number of allylic oxidation sites excluding steroid dienone is 4. The molecule has 2 heteroatoms. The zero-order valence-corrected chi connectivity index (χ0v) is 19.5. The lowest BCUT2D eigenvalue weighted by molar-refractivity contribution is 0.0971. The van der Waals surface area contributed by atoms with Gasteiger partial charge < -0.3 is 0 Å². The van der Waals surface area contributed by atoms with Crippen molar-refractivity contribution < 1.29 is 9.59 Å². The number of rotatable bonds is 14. The second kappa shape index (κ2) is 12.8. The summed E-state index contributed by atoms with van der Waals surface area (Å²) < 4.78 is 0. The van der Waals surface area contributed by atoms with Gasteiger partial charge in [-0.1, -0.05) is 101 Å². The fourth-order valence-corrected chi connectivity index (χ4v) is 5.09. The third kappa shape index (κ3) is 7.02. The normalized spacial score (nSPS) is 18.2. The predicted molar refractivity (Wildman–Crippen MR) is 130 cm³/mol. The maximum atomic E-state index is 12.8. The van der Waals surface area contributed by atoms with Gasteiger partial charge in [0.15, 0.2) is 11.6 Å². The van der Waals surface area contributed by atoms with Gasteiger partial charge in [0.1, 0.15) is 0 Å². The van der Waals surface area contributed by atoms with Gasteiger partial charge in [-0.15, -0.1) is 0 Å². The van der Waals surface area contributed by atoms with Crippen LogP contribution in [-0.4, -0.2) is 11.6 Å². The van der Waals surface area contributed by atoms with E-state index in [2.05, 4.69) is 12.2 Å². The molecule has 31 heavy (non-hydrogen) atoms. The van der Waals surface area contributed by atoms with Crippen LogP contribution in [0, 0.1) is 5.92 Å². The Labute approximate surface area is 189 Å². The topological polar surface area (TPSA) is 34.1 Å². The monoisotopic (exact) mass is 420 g/mol. The minimum Gasteiger partial charge on any atom is -0.289 e. The molecule has 1 unspecified atom stereocenters. The van der Waals surface area contributed by atoms with Gasteiger partial charge in [0, 0.05) is 22.3 Å². The molecule has 0 saturated heterocycles. The molecule has 0 fully saturated rings. The van der Waals surface area contributed by atoms with Gasteiger partial charge in [-0.3, -0.25) is 9.59 Å². The molecular formula is C29H40O2. The lowest BCUT2D eigenvalue weighted by atomic mass is 9.82. The second-order valence-corrected chi connectivity index (χ2v) is 9.50. The molecule has 0 bridgehead atoms. The minimum atomic E-state index is 0.0283. The second-order valence-electron chi connectivity index (χ2n) is 9.50. The van der Waals surface area contributed by atoms with E-state index in [0.717, 1.165) is 30.8 Å². The lowest BCUT2D eigenvalue weighted by Gasteiger charge is -2.18. The zero-order valence-electron chi connectivity index (χ0n) is 19.5. The SMILES string of the molecule is CC1=C(CCCCCCCCCCCCCC2C=CCC2)C(=O)c2ccccc2C1=O. The Morgan fingerprint density at radius 3 is 1.87 bits per heavy atom. The molecule has 168 valence electrons. The van der Waals surface area contributed by atoms with Crippen molar-refractivity contribution in [3.63, 3.8) is 0 Å². The highest BCUT2D eigenvalue weighted by molar-refractivity contribution is 6.26. The summed E-state index contributed by atoms with van der Waals surface area (Å²) in [5, 5.41) is 0. The highest BCUT2D eigenvalue weighted by Crippen LogP contribution is 2.29. The van der Waals surface area contributed by atoms with Crippen LogP contribution in [0.5, 0.6) is 0 Å². The molecule has 2 aliphatic carbocycles. The molecule has 0 N–H and O–H groups in total. The van der Waals surface area contributed by atoms with Crippen LogP contribution in [0.1, 0.15) is 124 Å². The molecule has 0 radical (unpaired) electrons. The molecule has 0 amide bonds. The Balaban J connectivity index is 1.19. The first-order valence-corrected chi connectivity index (χ1v) is 12.7. The average Bonchev–Trinajstić information content (AvgIpc) is 3.31. The van der Waals surface area contributed by atoms with E-state index in [9.17, 15) is 9.59 Å². The Kier molecular flexibility index (Phi) is 9.78. The third-order valence-corrected chi connectivity index (χ3v) is 7.10. The number of fused-ring (bicyclic) bond motifs is 1. The largest absolute Gasteiger partial charge is 0.289 e. The van der Waals surface area contributed by atoms with Crippen LogP contribution in [-0.2, 0) is 0 Å². The minimum absolute atomic E-state index is 0.0283. The standard InChI is InChI=1S/C29H40O2/c1-23-25(29(31)27-22-16-15-21-26(27)28(23)30)20-12-10-8-6-4-2-3-5-7-9-11-17-24-18-13-14-19-24/h13,15-16,18,21-22,24H,2-12,14,17,19-20H2,1H3. The molecule has 0 aromatic heterocycles. The maximum Gasteiger partial charge on any atom is 0.190 e. The molecule has 1 aromatic rings. The first-order valence-electron chi connectivity index (χ1n) is 12.7. The van der Waals surface area contributed by atoms with E-state index in [-0.39, 0.29) is 11.6 Å². The fraction of sp³-hybridized carbons (Fsp3) is 0.586. The summed E-state index contributed by atoms with van der Waals surface area (Å²) in [6, 6.07) is 7.23. The van der Waals surface area contributed by atoms with Crippen LogP contribution in [0.4, 0.5) is 0 Å². The molecule has 0 spiro atoms. The molecule has 0 aliphatic heterocycles. The van der Waals surface area contributed by atoms with Gasteiger partial charge in [-0.25, -0.2) is 0 Å². The van der Waals surface area contributed by atoms with Gasteiger partial charge in [0.25, 0.3) is 0 Å². The van der Waals surface area contributed by atoms with E-state index < -0.39 is 0 Å². The summed E-state index contributed by atoms with van der Waals surface area (Å²) in [5.74, 6) is 0.973. The summed E-state index contributed by atoms with van der Waals surface area (Å²) in [4.78, 5) is 25.3. The van der Waals surface area contributed by atoms with E-state index in [0.29, 0.717) is 16.7 Å². The summed E-state index contributed by atoms with van der Waals surface area (Å²) in [7, 11) is 0. The lowest BCUT2D eigenvalue weighted by Crippen LogP contribution is -2.20. The van der Waals surface area contributed by atoms with Crippen molar-refractivity contribution >= 4 is 11.6 Å². The highest BCUT2D eigenvalue weighted by Gasteiger charge is 2.28. The zero-order chi connectivity index (χ0) is 21.9. The van der Waals surface area contributed by atoms with E-state index in [1.807, 2.05) is 19.1 Å². The Hall–Kier alpha value is -1.96. The molecule has 2 aliphatic rings. The van der Waals surface area contributed by atoms with Crippen molar-refractivity contribution in [1.82, 2.24) is 0 Å². The molecule has 3 rings (SSSR count). The van der Waals surface area contributed by atoms with Crippen LogP contribution in [0.3, 0.4) is 0 Å². The van der Waals surface area contributed by atoms with Crippen LogP contribution < -0.4 is 0 Å². The average molecular weight is 421 g/mol. The molecule has 2 nitrogen and oxygen atoms in total. The first kappa shape index (κ1) is 23.7. The first-order chi connectivity index (χ1) is 15.2. The van der Waals surface area contributed by atoms with E-state index >= 15 is 0 Å². The van der Waals surface area contributed by atoms with Crippen LogP contribution in [0.2, 0.25) is 0 Å². The Bertz CT molecular complexity index is 799. The van der Waals surface area contributed by atoms with Crippen LogP contribution in [0.15, 0.2) is 47.6 Å². The molecule has 0 heterocycles. The summed E-state index contributed by atoms with van der Waals surface area (Å²) in [6.07, 6.45) is 24.0. The third-order valence-electron chi connectivity index (χ3n) is 7.10. The number of unbranched alkanes of at least 4 members (excludes halogenated alkanes) is 10. The van der Waals surface area contributed by atoms with Crippen molar-refractivity contribution in [2.24, 2.45) is 5.92 Å². The predicted octanol–water partition coefficient (Wildman–Crippen LogP) is 8.42. The summed E-state index contributed by atoms with van der Waals surface area (Å²) in [5.41, 5.74) is 2.55. The van der Waals surface area contributed by atoms with E-state index in [1.165, 1.54) is 77.0 Å². The Morgan fingerprint density at radius 1 is 0.742 bits per heavy atom. The fourth-order valence-electron chi connectivity index (χ4n) is 5.09. The van der Waals surface area contributed by atoms with Crippen LogP contribution in [0.25, 0.3) is 0 Å². The Morgan fingerprint density at radius 2 is 1.29 bits per heavy atom. The quantitative estimate of drug-likeness (QED) is 0.223. The van der Waals surface area contributed by atoms with Crippen molar-refractivity contribution in [2.75, 3.05) is 0 Å². The number of carbonyl (C=O) groups is 2.